The molecule has 0 aliphatic carbocycles. The Labute approximate surface area is 175 Å². The van der Waals surface area contributed by atoms with Gasteiger partial charge < -0.3 is 14.4 Å². The molecule has 1 aliphatic heterocycles. The van der Waals surface area contributed by atoms with E-state index in [1.807, 2.05) is 30.9 Å². The smallest absolute Gasteiger partial charge is 0.246 e. The Morgan fingerprint density at radius 1 is 1.00 bits per heavy atom. The van der Waals surface area contributed by atoms with E-state index in [0.29, 0.717) is 56.5 Å². The number of piperazine rings is 1. The molecule has 4 rings (SSSR count). The van der Waals surface area contributed by atoms with Gasteiger partial charge in [0.25, 0.3) is 0 Å². The summed E-state index contributed by atoms with van der Waals surface area (Å²) in [6.45, 7) is 6.31. The maximum atomic E-state index is 13.3. The Morgan fingerprint density at radius 2 is 1.77 bits per heavy atom. The fourth-order valence-electron chi connectivity index (χ4n) is 3.41. The third-order valence-corrected chi connectivity index (χ3v) is 6.79. The summed E-state index contributed by atoms with van der Waals surface area (Å²) in [5.74, 6) is 1.65. The first-order valence-electron chi connectivity index (χ1n) is 9.84. The van der Waals surface area contributed by atoms with Crippen LogP contribution in [0.5, 0.6) is 11.5 Å². The zero-order chi connectivity index (χ0) is 21.1. The van der Waals surface area contributed by atoms with E-state index < -0.39 is 10.0 Å². The van der Waals surface area contributed by atoms with Crippen LogP contribution in [0.25, 0.3) is 5.65 Å². The minimum Gasteiger partial charge on any atom is -0.494 e. The molecule has 0 spiro atoms. The maximum Gasteiger partial charge on any atom is 0.246 e. The molecule has 2 aromatic heterocycles. The molecule has 0 amide bonds. The van der Waals surface area contributed by atoms with Gasteiger partial charge in [-0.3, -0.25) is 0 Å². The van der Waals surface area contributed by atoms with Gasteiger partial charge in [0.1, 0.15) is 28.5 Å². The van der Waals surface area contributed by atoms with E-state index in [1.54, 1.807) is 29.0 Å². The van der Waals surface area contributed by atoms with Gasteiger partial charge in [-0.2, -0.15) is 8.82 Å². The van der Waals surface area contributed by atoms with Crippen LogP contribution in [0.1, 0.15) is 13.8 Å². The standard InChI is InChI=1S/C19H24N6O4S/c1-3-28-15-5-6-17(16(13-15)29-4-2)30(26,27)24-11-9-23(10-12-24)19-8-7-18-21-20-14-25(18)22-19/h5-8,13-14H,3-4,9-12H2,1-2H3. The van der Waals surface area contributed by atoms with Crippen LogP contribution >= 0.6 is 0 Å². The zero-order valence-electron chi connectivity index (χ0n) is 16.9. The molecule has 11 heteroatoms. The average molecular weight is 433 g/mol. The number of hydrogen-bond acceptors (Lipinski definition) is 8. The normalized spacial score (nSPS) is 15.5. The number of benzene rings is 1. The molecule has 30 heavy (non-hydrogen) atoms. The summed E-state index contributed by atoms with van der Waals surface area (Å²) in [6.07, 6.45) is 1.54. The zero-order valence-corrected chi connectivity index (χ0v) is 17.7. The lowest BCUT2D eigenvalue weighted by Gasteiger charge is -2.34. The molecule has 0 saturated carbocycles. The van der Waals surface area contributed by atoms with Crippen molar-refractivity contribution in [3.63, 3.8) is 0 Å². The highest BCUT2D eigenvalue weighted by molar-refractivity contribution is 7.89. The quantitative estimate of drug-likeness (QED) is 0.553. The third kappa shape index (κ3) is 3.90. The second-order valence-corrected chi connectivity index (χ2v) is 8.60. The second kappa shape index (κ2) is 8.44. The summed E-state index contributed by atoms with van der Waals surface area (Å²) < 4.78 is 40.7. The molecule has 0 N–H and O–H groups in total. The third-order valence-electron chi connectivity index (χ3n) is 4.85. The monoisotopic (exact) mass is 432 g/mol. The molecule has 1 aromatic carbocycles. The molecule has 160 valence electrons. The van der Waals surface area contributed by atoms with Crippen molar-refractivity contribution in [1.82, 2.24) is 24.1 Å². The molecule has 10 nitrogen and oxygen atoms in total. The largest absolute Gasteiger partial charge is 0.494 e. The summed E-state index contributed by atoms with van der Waals surface area (Å²) in [5.41, 5.74) is 0.666. The van der Waals surface area contributed by atoms with Gasteiger partial charge in [-0.15, -0.1) is 15.3 Å². The molecular formula is C19H24N6O4S. The van der Waals surface area contributed by atoms with E-state index >= 15 is 0 Å². The van der Waals surface area contributed by atoms with Crippen LogP contribution in [0, 0.1) is 0 Å². The molecule has 3 aromatic rings. The SMILES string of the molecule is CCOc1ccc(S(=O)(=O)N2CCN(c3ccc4nncn4n3)CC2)c(OCC)c1. The van der Waals surface area contributed by atoms with Gasteiger partial charge in [0.15, 0.2) is 5.65 Å². The van der Waals surface area contributed by atoms with Crippen molar-refractivity contribution in [2.75, 3.05) is 44.3 Å². The van der Waals surface area contributed by atoms with Crippen molar-refractivity contribution in [3.8, 4) is 11.5 Å². The van der Waals surface area contributed by atoms with Gasteiger partial charge in [0, 0.05) is 32.2 Å². The molecule has 1 aliphatic rings. The van der Waals surface area contributed by atoms with Crippen LogP contribution in [0.4, 0.5) is 5.82 Å². The minimum absolute atomic E-state index is 0.158. The van der Waals surface area contributed by atoms with Crippen LogP contribution in [-0.4, -0.2) is 71.9 Å². The minimum atomic E-state index is -3.70. The van der Waals surface area contributed by atoms with Crippen molar-refractivity contribution in [1.29, 1.82) is 0 Å². The van der Waals surface area contributed by atoms with E-state index in [-0.39, 0.29) is 4.90 Å². The Hall–Kier alpha value is -2.92. The van der Waals surface area contributed by atoms with Gasteiger partial charge in [-0.25, -0.2) is 8.42 Å². The Kier molecular flexibility index (Phi) is 5.73. The van der Waals surface area contributed by atoms with Crippen molar-refractivity contribution >= 4 is 21.5 Å². The van der Waals surface area contributed by atoms with Gasteiger partial charge in [-0.1, -0.05) is 0 Å². The van der Waals surface area contributed by atoms with Crippen LogP contribution in [0.2, 0.25) is 0 Å². The number of rotatable bonds is 7. The second-order valence-electron chi connectivity index (χ2n) is 6.69. The Bertz CT molecular complexity index is 1130. The Balaban J connectivity index is 1.52. The lowest BCUT2D eigenvalue weighted by Crippen LogP contribution is -2.49. The van der Waals surface area contributed by atoms with Crippen LogP contribution in [0.15, 0.2) is 41.6 Å². The molecule has 1 fully saturated rings. The maximum absolute atomic E-state index is 13.3. The van der Waals surface area contributed by atoms with Crippen LogP contribution < -0.4 is 14.4 Å². The van der Waals surface area contributed by atoms with Gasteiger partial charge >= 0.3 is 0 Å². The predicted octanol–water partition coefficient (Wildman–Crippen LogP) is 1.43. The Morgan fingerprint density at radius 3 is 2.50 bits per heavy atom. The molecule has 1 saturated heterocycles. The fraction of sp³-hybridized carbons (Fsp3) is 0.421. The first-order chi connectivity index (χ1) is 14.5. The predicted molar refractivity (Wildman–Crippen MR) is 111 cm³/mol. The molecule has 0 atom stereocenters. The van der Waals surface area contributed by atoms with Crippen molar-refractivity contribution < 1.29 is 17.9 Å². The lowest BCUT2D eigenvalue weighted by atomic mass is 10.3. The first kappa shape index (κ1) is 20.4. The highest BCUT2D eigenvalue weighted by atomic mass is 32.2. The summed E-state index contributed by atoms with van der Waals surface area (Å²) in [5, 5.41) is 12.3. The van der Waals surface area contributed by atoms with Crippen molar-refractivity contribution in [2.24, 2.45) is 0 Å². The van der Waals surface area contributed by atoms with Crippen LogP contribution in [0.3, 0.4) is 0 Å². The van der Waals surface area contributed by atoms with Gasteiger partial charge in [0.2, 0.25) is 10.0 Å². The number of ether oxygens (including phenoxy) is 2. The molecule has 0 unspecified atom stereocenters. The summed E-state index contributed by atoms with van der Waals surface area (Å²) in [6, 6.07) is 8.56. The molecule has 0 radical (unpaired) electrons. The summed E-state index contributed by atoms with van der Waals surface area (Å²) in [7, 11) is -3.70. The number of nitrogens with zero attached hydrogens (tertiary/aromatic N) is 6. The molecular weight excluding hydrogens is 408 g/mol. The average Bonchev–Trinajstić information content (AvgIpc) is 3.22. The van der Waals surface area contributed by atoms with Crippen molar-refractivity contribution in [3.05, 3.63) is 36.7 Å². The van der Waals surface area contributed by atoms with Crippen molar-refractivity contribution in [2.45, 2.75) is 18.7 Å². The molecule has 3 heterocycles. The summed E-state index contributed by atoms with van der Waals surface area (Å²) >= 11 is 0. The fourth-order valence-corrected chi connectivity index (χ4v) is 4.94. The number of sulfonamides is 1. The van der Waals surface area contributed by atoms with E-state index in [9.17, 15) is 8.42 Å². The summed E-state index contributed by atoms with van der Waals surface area (Å²) in [4.78, 5) is 2.21. The molecule has 0 bridgehead atoms. The highest BCUT2D eigenvalue weighted by Gasteiger charge is 2.31. The first-order valence-corrected chi connectivity index (χ1v) is 11.3. The van der Waals surface area contributed by atoms with Crippen LogP contribution in [-0.2, 0) is 10.0 Å². The number of aromatic nitrogens is 4. The number of fused-ring (bicyclic) bond motifs is 1. The van der Waals surface area contributed by atoms with E-state index in [1.165, 1.54) is 4.31 Å². The number of hydrogen-bond donors (Lipinski definition) is 0. The van der Waals surface area contributed by atoms with Gasteiger partial charge in [0.05, 0.1) is 13.2 Å². The van der Waals surface area contributed by atoms with E-state index in [4.69, 9.17) is 9.47 Å². The van der Waals surface area contributed by atoms with E-state index in [0.717, 1.165) is 5.82 Å². The lowest BCUT2D eigenvalue weighted by molar-refractivity contribution is 0.314. The highest BCUT2D eigenvalue weighted by Crippen LogP contribution is 2.31. The number of anilines is 1. The topological polar surface area (TPSA) is 102 Å². The van der Waals surface area contributed by atoms with Gasteiger partial charge in [-0.05, 0) is 38.1 Å². The van der Waals surface area contributed by atoms with E-state index in [2.05, 4.69) is 15.3 Å².